The molecule has 0 fully saturated rings. The number of methoxy groups -OCH3 is 1. The SMILES string of the molecule is CCC(C(=O)NC(CC(=O)O)C(=O)CN(C)CCOC)n1ccnc(NC/C(=N/[OH2+])C(C)N)c1=O. The van der Waals surface area contributed by atoms with Crippen molar-refractivity contribution in [1.82, 2.24) is 19.8 Å². The molecule has 7 N–H and O–H groups in total. The zero-order valence-corrected chi connectivity index (χ0v) is 20.5. The van der Waals surface area contributed by atoms with Gasteiger partial charge in [0.05, 0.1) is 43.4 Å². The Morgan fingerprint density at radius 1 is 1.40 bits per heavy atom. The van der Waals surface area contributed by atoms with Crippen molar-refractivity contribution in [2.24, 2.45) is 10.9 Å². The smallest absolute Gasteiger partial charge is 0.305 e. The number of ether oxygens (including phenoxy) is 1. The van der Waals surface area contributed by atoms with Gasteiger partial charge in [-0.3, -0.25) is 28.6 Å². The number of nitrogens with one attached hydrogen (secondary N) is 2. The van der Waals surface area contributed by atoms with Crippen LogP contribution in [0.1, 0.15) is 32.7 Å². The Labute approximate surface area is 203 Å². The van der Waals surface area contributed by atoms with Gasteiger partial charge in [-0.15, -0.1) is 0 Å². The van der Waals surface area contributed by atoms with Crippen LogP contribution in [0.3, 0.4) is 0 Å². The Morgan fingerprint density at radius 2 is 2.09 bits per heavy atom. The molecule has 1 aromatic heterocycles. The average Bonchev–Trinajstić information content (AvgIpc) is 2.79. The second-order valence-electron chi connectivity index (χ2n) is 8.01. The number of carboxylic acid groups (broad SMARTS) is 1. The molecule has 196 valence electrons. The van der Waals surface area contributed by atoms with E-state index in [2.05, 4.69) is 20.8 Å². The Hall–Kier alpha value is -3.36. The number of hydrogen-bond donors (Lipinski definition) is 4. The second-order valence-corrected chi connectivity index (χ2v) is 8.01. The monoisotopic (exact) mass is 498 g/mol. The van der Waals surface area contributed by atoms with E-state index in [9.17, 15) is 24.3 Å². The van der Waals surface area contributed by atoms with Gasteiger partial charge in [0, 0.05) is 26.0 Å². The Balaban J connectivity index is 3.07. The van der Waals surface area contributed by atoms with Crippen LogP contribution in [-0.2, 0) is 19.1 Å². The summed E-state index contributed by atoms with van der Waals surface area (Å²) in [6.45, 7) is 4.10. The van der Waals surface area contributed by atoms with Crippen LogP contribution >= 0.6 is 0 Å². The van der Waals surface area contributed by atoms with Crippen molar-refractivity contribution < 1.29 is 29.4 Å². The largest absolute Gasteiger partial charge is 0.481 e. The molecule has 1 amide bonds. The number of Topliss-reactive ketones (excluding diaryl/α,β-unsaturated/α-hetero) is 1. The molecular formula is C21H36N7O7+. The Kier molecular flexibility index (Phi) is 12.6. The Morgan fingerprint density at radius 3 is 2.63 bits per heavy atom. The van der Waals surface area contributed by atoms with E-state index in [0.29, 0.717) is 18.9 Å². The lowest BCUT2D eigenvalue weighted by Gasteiger charge is -2.24. The minimum atomic E-state index is -1.27. The van der Waals surface area contributed by atoms with Gasteiger partial charge in [0.2, 0.25) is 5.91 Å². The molecule has 1 rings (SSSR count). The highest BCUT2D eigenvalue weighted by Crippen LogP contribution is 2.11. The van der Waals surface area contributed by atoms with Crippen molar-refractivity contribution in [2.45, 2.75) is 44.8 Å². The summed E-state index contributed by atoms with van der Waals surface area (Å²) in [7, 11) is 3.20. The first kappa shape index (κ1) is 29.7. The highest BCUT2D eigenvalue weighted by atomic mass is 16.5. The molecule has 1 aromatic rings. The third kappa shape index (κ3) is 9.42. The number of carbonyl (C=O) groups excluding carboxylic acids is 2. The summed E-state index contributed by atoms with van der Waals surface area (Å²) in [6, 6.07) is -2.78. The fraction of sp³-hybridized carbons (Fsp3) is 0.619. The maximum absolute atomic E-state index is 13.0. The predicted molar refractivity (Wildman–Crippen MR) is 130 cm³/mol. The van der Waals surface area contributed by atoms with Gasteiger partial charge in [0.15, 0.2) is 11.6 Å². The minimum Gasteiger partial charge on any atom is -0.481 e. The van der Waals surface area contributed by atoms with Crippen molar-refractivity contribution in [3.63, 3.8) is 0 Å². The highest BCUT2D eigenvalue weighted by molar-refractivity contribution is 5.94. The molecule has 14 nitrogen and oxygen atoms in total. The van der Waals surface area contributed by atoms with Crippen LogP contribution in [0.25, 0.3) is 0 Å². The van der Waals surface area contributed by atoms with Gasteiger partial charge in [-0.25, -0.2) is 4.98 Å². The minimum absolute atomic E-state index is 0.0161. The van der Waals surface area contributed by atoms with Gasteiger partial charge >= 0.3 is 5.97 Å². The quantitative estimate of drug-likeness (QED) is 0.114. The number of nitrogens with zero attached hydrogens (tertiary/aromatic N) is 4. The maximum atomic E-state index is 13.0. The summed E-state index contributed by atoms with van der Waals surface area (Å²) in [4.78, 5) is 55.7. The fourth-order valence-corrected chi connectivity index (χ4v) is 3.17. The number of carbonyl (C=O) groups is 3. The third-order valence-corrected chi connectivity index (χ3v) is 5.19. The van der Waals surface area contributed by atoms with E-state index < -0.39 is 47.8 Å². The molecule has 0 radical (unpaired) electrons. The van der Waals surface area contributed by atoms with Crippen LogP contribution in [0.4, 0.5) is 5.82 Å². The standard InChI is InChI=1S/C21H35N7O7/c1-5-16(28-7-6-23-19(21(28)33)24-11-15(26-34)13(2)22)20(32)25-14(10-18(30)31)17(29)12-27(3)8-9-35-4/h6-7,13-14,16,34H,5,8-12,22H2,1-4H3,(H,23,24)(H,25,32)(H,30,31)/p+1/b26-15-. The zero-order chi connectivity index (χ0) is 26.5. The zero-order valence-electron chi connectivity index (χ0n) is 20.5. The van der Waals surface area contributed by atoms with Crippen LogP contribution < -0.4 is 21.9 Å². The van der Waals surface area contributed by atoms with Crippen molar-refractivity contribution in [3.05, 3.63) is 22.7 Å². The molecule has 1 heterocycles. The van der Waals surface area contributed by atoms with Crippen LogP contribution in [0, 0.1) is 0 Å². The van der Waals surface area contributed by atoms with Crippen molar-refractivity contribution in [3.8, 4) is 0 Å². The molecule has 0 saturated carbocycles. The van der Waals surface area contributed by atoms with Gasteiger partial charge in [0.1, 0.15) is 11.8 Å². The summed E-state index contributed by atoms with van der Waals surface area (Å²) in [6.07, 6.45) is 2.26. The van der Waals surface area contributed by atoms with E-state index >= 15 is 0 Å². The maximum Gasteiger partial charge on any atom is 0.305 e. The van der Waals surface area contributed by atoms with Crippen LogP contribution in [0.5, 0.6) is 0 Å². The molecule has 35 heavy (non-hydrogen) atoms. The number of rotatable bonds is 16. The number of aliphatic carboxylic acids is 1. The third-order valence-electron chi connectivity index (χ3n) is 5.19. The van der Waals surface area contributed by atoms with E-state index in [0.717, 1.165) is 4.57 Å². The van der Waals surface area contributed by atoms with Crippen LogP contribution in [-0.4, -0.2) is 101 Å². The fourth-order valence-electron chi connectivity index (χ4n) is 3.17. The second kappa shape index (κ2) is 14.8. The lowest BCUT2D eigenvalue weighted by molar-refractivity contribution is -0.140. The molecule has 0 aromatic carbocycles. The molecule has 0 aliphatic carbocycles. The number of ketones is 1. The average molecular weight is 499 g/mol. The van der Waals surface area contributed by atoms with E-state index in [1.807, 2.05) is 0 Å². The summed E-state index contributed by atoms with van der Waals surface area (Å²) >= 11 is 0. The highest BCUT2D eigenvalue weighted by Gasteiger charge is 2.29. The van der Waals surface area contributed by atoms with Gasteiger partial charge in [-0.2, -0.15) is 0 Å². The van der Waals surface area contributed by atoms with E-state index in [4.69, 9.17) is 15.7 Å². The molecule has 0 aliphatic rings. The molecule has 0 aliphatic heterocycles. The molecule has 14 heteroatoms. The lowest BCUT2D eigenvalue weighted by Crippen LogP contribution is -2.49. The van der Waals surface area contributed by atoms with Gasteiger partial charge in [0.25, 0.3) is 5.56 Å². The van der Waals surface area contributed by atoms with Gasteiger partial charge in [-0.1, -0.05) is 6.92 Å². The number of nitrogens with two attached hydrogens (primary N) is 1. The number of aromatic nitrogens is 2. The normalized spacial score (nSPS) is 14.3. The van der Waals surface area contributed by atoms with E-state index in [-0.39, 0.29) is 25.3 Å². The summed E-state index contributed by atoms with van der Waals surface area (Å²) in [5, 5.41) is 25.0. The first-order chi connectivity index (χ1) is 16.5. The summed E-state index contributed by atoms with van der Waals surface area (Å²) < 4.78 is 6.12. The van der Waals surface area contributed by atoms with Gasteiger partial charge in [-0.05, 0) is 20.4 Å². The number of anilines is 1. The van der Waals surface area contributed by atoms with Crippen LogP contribution in [0.2, 0.25) is 0 Å². The van der Waals surface area contributed by atoms with E-state index in [1.54, 1.807) is 25.8 Å². The Bertz CT molecular complexity index is 948. The first-order valence-corrected chi connectivity index (χ1v) is 11.1. The predicted octanol–water partition coefficient (Wildman–Crippen LogP) is -1.86. The molecule has 3 unspecified atom stereocenters. The molecular weight excluding hydrogens is 462 g/mol. The van der Waals surface area contributed by atoms with Crippen molar-refractivity contribution >= 4 is 29.2 Å². The number of likely N-dealkylation sites (N-methyl/N-ethyl adjacent to an activating group) is 1. The van der Waals surface area contributed by atoms with E-state index in [1.165, 1.54) is 19.5 Å². The molecule has 0 bridgehead atoms. The summed E-state index contributed by atoms with van der Waals surface area (Å²) in [5.74, 6) is -2.46. The molecule has 0 spiro atoms. The number of carboxylic acids is 1. The summed E-state index contributed by atoms with van der Waals surface area (Å²) in [5.41, 5.74) is 5.42. The van der Waals surface area contributed by atoms with Crippen molar-refractivity contribution in [2.75, 3.05) is 45.7 Å². The lowest BCUT2D eigenvalue weighted by atomic mass is 10.1. The molecule has 0 saturated heterocycles. The first-order valence-electron chi connectivity index (χ1n) is 11.1. The number of amides is 1. The number of hydrogen-bond acceptors (Lipinski definition) is 10. The topological polar surface area (TPSA) is 204 Å². The molecule has 3 atom stereocenters. The van der Waals surface area contributed by atoms with Gasteiger partial charge < -0.3 is 31.4 Å². The van der Waals surface area contributed by atoms with Crippen LogP contribution in [0.15, 0.2) is 22.3 Å². The van der Waals surface area contributed by atoms with Crippen molar-refractivity contribution in [1.29, 1.82) is 0 Å².